The maximum absolute atomic E-state index is 5.83. The summed E-state index contributed by atoms with van der Waals surface area (Å²) in [6.45, 7) is 4.36. The van der Waals surface area contributed by atoms with Gasteiger partial charge in [-0.2, -0.15) is 0 Å². The molecule has 2 heteroatoms. The van der Waals surface area contributed by atoms with E-state index >= 15 is 0 Å². The molecule has 0 amide bonds. The molecule has 54 valence electrons. The molecule has 0 spiro atoms. The molecule has 1 heterocycles. The van der Waals surface area contributed by atoms with Crippen LogP contribution in [0.3, 0.4) is 0 Å². The van der Waals surface area contributed by atoms with Crippen molar-refractivity contribution in [3.63, 3.8) is 0 Å². The van der Waals surface area contributed by atoms with Gasteiger partial charge in [-0.15, -0.1) is 0 Å². The molecule has 1 saturated heterocycles. The molecule has 0 saturated carbocycles. The highest BCUT2D eigenvalue weighted by Gasteiger charge is 2.38. The van der Waals surface area contributed by atoms with Crippen molar-refractivity contribution in [2.75, 3.05) is 7.05 Å². The van der Waals surface area contributed by atoms with Gasteiger partial charge in [-0.05, 0) is 20.4 Å². The Kier molecular flexibility index (Phi) is 1.78. The highest BCUT2D eigenvalue weighted by Crippen LogP contribution is 2.23. The van der Waals surface area contributed by atoms with E-state index in [-0.39, 0.29) is 0 Å². The molecule has 3 atom stereocenters. The van der Waals surface area contributed by atoms with Crippen molar-refractivity contribution in [1.82, 2.24) is 4.90 Å². The van der Waals surface area contributed by atoms with Crippen molar-refractivity contribution in [3.05, 3.63) is 0 Å². The molecular formula is C7H16N2. The normalized spacial score (nSPS) is 44.7. The summed E-state index contributed by atoms with van der Waals surface area (Å²) in [5.41, 5.74) is 5.83. The second-order valence-electron chi connectivity index (χ2n) is 2.96. The van der Waals surface area contributed by atoms with Crippen LogP contribution in [0, 0.1) is 0 Å². The second kappa shape index (κ2) is 2.27. The van der Waals surface area contributed by atoms with Crippen LogP contribution < -0.4 is 5.73 Å². The molecule has 0 bridgehead atoms. The third-order valence-electron chi connectivity index (χ3n) is 2.59. The lowest BCUT2D eigenvalue weighted by molar-refractivity contribution is 0.0247. The van der Waals surface area contributed by atoms with Crippen molar-refractivity contribution < 1.29 is 0 Å². The van der Waals surface area contributed by atoms with Crippen LogP contribution in [0.2, 0.25) is 0 Å². The number of rotatable bonds is 1. The summed E-state index contributed by atoms with van der Waals surface area (Å²) in [6.07, 6.45) is 1.18. The Hall–Kier alpha value is -0.0800. The molecule has 1 rings (SSSR count). The van der Waals surface area contributed by atoms with Crippen LogP contribution in [-0.4, -0.2) is 30.1 Å². The Bertz CT molecular complexity index is 93.1. The van der Waals surface area contributed by atoms with Crippen LogP contribution in [-0.2, 0) is 0 Å². The van der Waals surface area contributed by atoms with Crippen molar-refractivity contribution in [3.8, 4) is 0 Å². The quantitative estimate of drug-likeness (QED) is 0.554. The summed E-state index contributed by atoms with van der Waals surface area (Å²) >= 11 is 0. The molecule has 0 aromatic carbocycles. The van der Waals surface area contributed by atoms with Gasteiger partial charge in [0.1, 0.15) is 0 Å². The standard InChI is InChI=1S/C7H16N2/c1-4-6-7(8)5(2)9(6)3/h5-7H,4,8H2,1-3H3. The lowest BCUT2D eigenvalue weighted by Crippen LogP contribution is -2.68. The fourth-order valence-electron chi connectivity index (χ4n) is 1.63. The average Bonchev–Trinajstić information content (AvgIpc) is 1.89. The molecular weight excluding hydrogens is 112 g/mol. The van der Waals surface area contributed by atoms with Gasteiger partial charge in [0.15, 0.2) is 0 Å². The van der Waals surface area contributed by atoms with E-state index in [9.17, 15) is 0 Å². The first kappa shape index (κ1) is 7.03. The minimum absolute atomic E-state index is 0.417. The average molecular weight is 128 g/mol. The number of hydrogen-bond donors (Lipinski definition) is 1. The molecule has 3 unspecified atom stereocenters. The van der Waals surface area contributed by atoms with Gasteiger partial charge in [-0.1, -0.05) is 6.92 Å². The first-order valence-corrected chi connectivity index (χ1v) is 3.66. The van der Waals surface area contributed by atoms with E-state index in [0.29, 0.717) is 18.1 Å². The third-order valence-corrected chi connectivity index (χ3v) is 2.59. The van der Waals surface area contributed by atoms with Gasteiger partial charge in [-0.25, -0.2) is 0 Å². The van der Waals surface area contributed by atoms with E-state index in [2.05, 4.69) is 25.8 Å². The monoisotopic (exact) mass is 128 g/mol. The molecule has 0 radical (unpaired) electrons. The zero-order valence-electron chi connectivity index (χ0n) is 6.46. The van der Waals surface area contributed by atoms with Crippen LogP contribution in [0.5, 0.6) is 0 Å². The predicted octanol–water partition coefficient (Wildman–Crippen LogP) is 0.426. The molecule has 1 aliphatic heterocycles. The van der Waals surface area contributed by atoms with Gasteiger partial charge in [-0.3, -0.25) is 4.90 Å². The summed E-state index contributed by atoms with van der Waals surface area (Å²) in [7, 11) is 2.14. The van der Waals surface area contributed by atoms with Crippen LogP contribution in [0.4, 0.5) is 0 Å². The number of nitrogens with zero attached hydrogens (tertiary/aromatic N) is 1. The van der Waals surface area contributed by atoms with Gasteiger partial charge in [0.25, 0.3) is 0 Å². The first-order valence-electron chi connectivity index (χ1n) is 3.66. The summed E-state index contributed by atoms with van der Waals surface area (Å²) in [6, 6.07) is 1.65. The summed E-state index contributed by atoms with van der Waals surface area (Å²) in [5.74, 6) is 0. The predicted molar refractivity (Wildman–Crippen MR) is 39.3 cm³/mol. The largest absolute Gasteiger partial charge is 0.325 e. The number of likely N-dealkylation sites (tertiary alicyclic amines) is 1. The van der Waals surface area contributed by atoms with Gasteiger partial charge in [0.2, 0.25) is 0 Å². The second-order valence-corrected chi connectivity index (χ2v) is 2.96. The minimum Gasteiger partial charge on any atom is -0.325 e. The van der Waals surface area contributed by atoms with Crippen molar-refractivity contribution >= 4 is 0 Å². The molecule has 0 aromatic heterocycles. The molecule has 1 fully saturated rings. The summed E-state index contributed by atoms with van der Waals surface area (Å²) < 4.78 is 0. The maximum Gasteiger partial charge on any atom is 0.0352 e. The molecule has 2 nitrogen and oxygen atoms in total. The first-order chi connectivity index (χ1) is 4.18. The topological polar surface area (TPSA) is 29.3 Å². The Labute approximate surface area is 57.0 Å². The van der Waals surface area contributed by atoms with Crippen LogP contribution in [0.15, 0.2) is 0 Å². The van der Waals surface area contributed by atoms with Crippen LogP contribution in [0.1, 0.15) is 20.3 Å². The van der Waals surface area contributed by atoms with E-state index in [1.807, 2.05) is 0 Å². The highest BCUT2D eigenvalue weighted by atomic mass is 15.3. The lowest BCUT2D eigenvalue weighted by atomic mass is 9.88. The number of hydrogen-bond acceptors (Lipinski definition) is 2. The summed E-state index contributed by atoms with van der Waals surface area (Å²) in [4.78, 5) is 2.34. The Morgan fingerprint density at radius 3 is 2.33 bits per heavy atom. The number of likely N-dealkylation sites (N-methyl/N-ethyl adjacent to an activating group) is 1. The molecule has 2 N–H and O–H groups in total. The van der Waals surface area contributed by atoms with Crippen molar-refractivity contribution in [1.29, 1.82) is 0 Å². The zero-order chi connectivity index (χ0) is 7.02. The van der Waals surface area contributed by atoms with E-state index in [1.165, 1.54) is 6.42 Å². The van der Waals surface area contributed by atoms with Gasteiger partial charge in [0, 0.05) is 18.1 Å². The minimum atomic E-state index is 0.417. The van der Waals surface area contributed by atoms with Crippen molar-refractivity contribution in [2.45, 2.75) is 38.4 Å². The molecule has 1 aliphatic rings. The maximum atomic E-state index is 5.83. The molecule has 0 aromatic rings. The zero-order valence-corrected chi connectivity index (χ0v) is 6.46. The van der Waals surface area contributed by atoms with Gasteiger partial charge >= 0.3 is 0 Å². The summed E-state index contributed by atoms with van der Waals surface area (Å²) in [5, 5.41) is 0. The van der Waals surface area contributed by atoms with Crippen LogP contribution >= 0.6 is 0 Å². The molecule has 9 heavy (non-hydrogen) atoms. The van der Waals surface area contributed by atoms with Crippen molar-refractivity contribution in [2.24, 2.45) is 5.73 Å². The fraction of sp³-hybridized carbons (Fsp3) is 1.00. The fourth-order valence-corrected chi connectivity index (χ4v) is 1.63. The lowest BCUT2D eigenvalue weighted by Gasteiger charge is -2.50. The Morgan fingerprint density at radius 2 is 2.11 bits per heavy atom. The van der Waals surface area contributed by atoms with Crippen LogP contribution in [0.25, 0.3) is 0 Å². The Morgan fingerprint density at radius 1 is 1.56 bits per heavy atom. The van der Waals surface area contributed by atoms with E-state index in [4.69, 9.17) is 5.73 Å². The third kappa shape index (κ3) is 0.864. The smallest absolute Gasteiger partial charge is 0.0352 e. The van der Waals surface area contributed by atoms with E-state index < -0.39 is 0 Å². The van der Waals surface area contributed by atoms with E-state index in [0.717, 1.165) is 0 Å². The Balaban J connectivity index is 2.41. The number of nitrogens with two attached hydrogens (primary N) is 1. The van der Waals surface area contributed by atoms with E-state index in [1.54, 1.807) is 0 Å². The van der Waals surface area contributed by atoms with Gasteiger partial charge in [0.05, 0.1) is 0 Å². The molecule has 0 aliphatic carbocycles. The highest BCUT2D eigenvalue weighted by molar-refractivity contribution is 4.98. The van der Waals surface area contributed by atoms with Gasteiger partial charge < -0.3 is 5.73 Å². The SMILES string of the molecule is CCC1C(N)C(C)N1C.